The molecule has 1 amide bonds. The molecule has 2 unspecified atom stereocenters. The summed E-state index contributed by atoms with van der Waals surface area (Å²) >= 11 is 0. The maximum absolute atomic E-state index is 12.7. The number of hydrazine groups is 1. The Morgan fingerprint density at radius 3 is 2.50 bits per heavy atom. The second-order valence-corrected chi connectivity index (χ2v) is 6.95. The molecule has 6 nitrogen and oxygen atoms in total. The lowest BCUT2D eigenvalue weighted by atomic mass is 9.94. The largest absolute Gasteiger partial charge is 0.497 e. The first-order valence-electron chi connectivity index (χ1n) is 9.83. The van der Waals surface area contributed by atoms with Gasteiger partial charge in [0.05, 0.1) is 25.7 Å². The molecular formula is C22H29N3O3. The van der Waals surface area contributed by atoms with E-state index >= 15 is 0 Å². The predicted octanol–water partition coefficient (Wildman–Crippen LogP) is 2.96. The molecule has 0 saturated carbocycles. The molecule has 1 aliphatic heterocycles. The van der Waals surface area contributed by atoms with Gasteiger partial charge in [0.15, 0.2) is 0 Å². The zero-order chi connectivity index (χ0) is 19.8. The highest BCUT2D eigenvalue weighted by Crippen LogP contribution is 2.27. The Morgan fingerprint density at radius 2 is 1.82 bits per heavy atom. The molecule has 28 heavy (non-hydrogen) atoms. The Balaban J connectivity index is 1.56. The van der Waals surface area contributed by atoms with E-state index in [1.807, 2.05) is 48.5 Å². The van der Waals surface area contributed by atoms with Gasteiger partial charge in [-0.25, -0.2) is 5.43 Å². The van der Waals surface area contributed by atoms with Crippen molar-refractivity contribution in [3.05, 3.63) is 59.7 Å². The van der Waals surface area contributed by atoms with Crippen LogP contribution >= 0.6 is 0 Å². The number of amides is 1. The molecular weight excluding hydrogens is 354 g/mol. The van der Waals surface area contributed by atoms with Gasteiger partial charge in [0, 0.05) is 13.1 Å². The van der Waals surface area contributed by atoms with Gasteiger partial charge in [0.2, 0.25) is 5.91 Å². The van der Waals surface area contributed by atoms with E-state index in [1.54, 1.807) is 7.11 Å². The van der Waals surface area contributed by atoms with Crippen LogP contribution in [0.5, 0.6) is 11.5 Å². The fourth-order valence-electron chi connectivity index (χ4n) is 3.23. The first kappa shape index (κ1) is 20.2. The second-order valence-electron chi connectivity index (χ2n) is 6.95. The van der Waals surface area contributed by atoms with Gasteiger partial charge in [-0.3, -0.25) is 10.2 Å². The first-order valence-corrected chi connectivity index (χ1v) is 9.83. The van der Waals surface area contributed by atoms with Gasteiger partial charge in [0.1, 0.15) is 11.5 Å². The zero-order valence-electron chi connectivity index (χ0n) is 16.5. The van der Waals surface area contributed by atoms with E-state index in [0.29, 0.717) is 13.1 Å². The predicted molar refractivity (Wildman–Crippen MR) is 109 cm³/mol. The van der Waals surface area contributed by atoms with Gasteiger partial charge in [0.25, 0.3) is 0 Å². The number of hydrogen-bond donors (Lipinski definition) is 3. The summed E-state index contributed by atoms with van der Waals surface area (Å²) in [6, 6.07) is 15.6. The topological polar surface area (TPSA) is 71.6 Å². The average molecular weight is 383 g/mol. The van der Waals surface area contributed by atoms with Crippen molar-refractivity contribution in [3.63, 3.8) is 0 Å². The summed E-state index contributed by atoms with van der Waals surface area (Å²) in [4.78, 5) is 12.7. The summed E-state index contributed by atoms with van der Waals surface area (Å²) in [5.74, 6) is 1.52. The van der Waals surface area contributed by atoms with E-state index in [4.69, 9.17) is 9.47 Å². The van der Waals surface area contributed by atoms with E-state index in [0.717, 1.165) is 42.1 Å². The van der Waals surface area contributed by atoms with Crippen LogP contribution in [0.1, 0.15) is 36.9 Å². The SMILES string of the molecule is CCCCOc1ccc(C2NNCC2C(=O)NCc2ccc(OC)cc2)cc1. The van der Waals surface area contributed by atoms with Crippen molar-refractivity contribution in [1.29, 1.82) is 0 Å². The van der Waals surface area contributed by atoms with Crippen molar-refractivity contribution >= 4 is 5.91 Å². The molecule has 3 N–H and O–H groups in total. The van der Waals surface area contributed by atoms with Crippen molar-refractivity contribution in [2.75, 3.05) is 20.3 Å². The second kappa shape index (κ2) is 10.1. The number of hydrogen-bond acceptors (Lipinski definition) is 5. The lowest BCUT2D eigenvalue weighted by Gasteiger charge is -2.19. The minimum atomic E-state index is -0.176. The van der Waals surface area contributed by atoms with Crippen molar-refractivity contribution in [2.45, 2.75) is 32.4 Å². The Hall–Kier alpha value is -2.57. The molecule has 2 aromatic carbocycles. The summed E-state index contributed by atoms with van der Waals surface area (Å²) in [5.41, 5.74) is 8.44. The Labute approximate surface area is 166 Å². The minimum absolute atomic E-state index is 0.0293. The van der Waals surface area contributed by atoms with Crippen molar-refractivity contribution in [3.8, 4) is 11.5 Å². The maximum Gasteiger partial charge on any atom is 0.226 e. The molecule has 0 bridgehead atoms. The van der Waals surface area contributed by atoms with Crippen LogP contribution in [0.2, 0.25) is 0 Å². The molecule has 150 valence electrons. The lowest BCUT2D eigenvalue weighted by molar-refractivity contribution is -0.125. The quantitative estimate of drug-likeness (QED) is 0.581. The molecule has 0 aliphatic carbocycles. The highest BCUT2D eigenvalue weighted by atomic mass is 16.5. The number of methoxy groups -OCH3 is 1. The number of benzene rings is 2. The summed E-state index contributed by atoms with van der Waals surface area (Å²) in [6.07, 6.45) is 2.16. The molecule has 1 saturated heterocycles. The van der Waals surface area contributed by atoms with E-state index in [2.05, 4.69) is 23.1 Å². The average Bonchev–Trinajstić information content (AvgIpc) is 3.23. The van der Waals surface area contributed by atoms with Crippen LogP contribution in [-0.2, 0) is 11.3 Å². The molecule has 1 fully saturated rings. The molecule has 0 aromatic heterocycles. The third kappa shape index (κ3) is 5.24. The Kier molecular flexibility index (Phi) is 7.28. The molecule has 0 spiro atoms. The first-order chi connectivity index (χ1) is 13.7. The normalized spacial score (nSPS) is 18.6. The number of nitrogens with one attached hydrogen (secondary N) is 3. The van der Waals surface area contributed by atoms with Gasteiger partial charge < -0.3 is 14.8 Å². The smallest absolute Gasteiger partial charge is 0.226 e. The minimum Gasteiger partial charge on any atom is -0.497 e. The van der Waals surface area contributed by atoms with Crippen LogP contribution < -0.4 is 25.6 Å². The van der Waals surface area contributed by atoms with Crippen LogP contribution in [0.15, 0.2) is 48.5 Å². The Morgan fingerprint density at radius 1 is 1.11 bits per heavy atom. The number of rotatable bonds is 9. The van der Waals surface area contributed by atoms with Gasteiger partial charge in [-0.15, -0.1) is 0 Å². The van der Waals surface area contributed by atoms with Crippen LogP contribution in [-0.4, -0.2) is 26.2 Å². The molecule has 0 radical (unpaired) electrons. The third-order valence-corrected chi connectivity index (χ3v) is 4.95. The van der Waals surface area contributed by atoms with Gasteiger partial charge in [-0.05, 0) is 41.8 Å². The summed E-state index contributed by atoms with van der Waals surface area (Å²) in [6.45, 7) is 3.96. The fraction of sp³-hybridized carbons (Fsp3) is 0.409. The number of unbranched alkanes of at least 4 members (excludes halogenated alkanes) is 1. The van der Waals surface area contributed by atoms with Gasteiger partial charge in [-0.1, -0.05) is 37.6 Å². The molecule has 3 rings (SSSR count). The van der Waals surface area contributed by atoms with E-state index in [-0.39, 0.29) is 17.9 Å². The molecule has 1 aliphatic rings. The highest BCUT2D eigenvalue weighted by molar-refractivity contribution is 5.80. The lowest BCUT2D eigenvalue weighted by Crippen LogP contribution is -2.34. The van der Waals surface area contributed by atoms with E-state index in [1.165, 1.54) is 0 Å². The molecule has 6 heteroatoms. The van der Waals surface area contributed by atoms with Gasteiger partial charge in [-0.2, -0.15) is 0 Å². The number of carbonyl (C=O) groups is 1. The fourth-order valence-corrected chi connectivity index (χ4v) is 3.23. The van der Waals surface area contributed by atoms with Crippen LogP contribution in [0.3, 0.4) is 0 Å². The van der Waals surface area contributed by atoms with Crippen molar-refractivity contribution < 1.29 is 14.3 Å². The summed E-state index contributed by atoms with van der Waals surface area (Å²) in [7, 11) is 1.64. The number of carbonyl (C=O) groups excluding carboxylic acids is 1. The maximum atomic E-state index is 12.7. The van der Waals surface area contributed by atoms with Crippen molar-refractivity contribution in [2.24, 2.45) is 5.92 Å². The molecule has 1 heterocycles. The van der Waals surface area contributed by atoms with Crippen LogP contribution in [0, 0.1) is 5.92 Å². The van der Waals surface area contributed by atoms with Crippen molar-refractivity contribution in [1.82, 2.24) is 16.2 Å². The summed E-state index contributed by atoms with van der Waals surface area (Å²) in [5, 5.41) is 3.04. The molecule has 2 atom stereocenters. The Bertz CT molecular complexity index is 747. The molecule has 2 aromatic rings. The van der Waals surface area contributed by atoms with Crippen LogP contribution in [0.25, 0.3) is 0 Å². The summed E-state index contributed by atoms with van der Waals surface area (Å²) < 4.78 is 10.9. The van der Waals surface area contributed by atoms with Gasteiger partial charge >= 0.3 is 0 Å². The standard InChI is InChI=1S/C22H29N3O3/c1-3-4-13-28-19-11-7-17(8-12-19)21-20(15-24-25-21)22(26)23-14-16-5-9-18(27-2)10-6-16/h5-12,20-21,24-25H,3-4,13-15H2,1-2H3,(H,23,26). The monoisotopic (exact) mass is 383 g/mol. The zero-order valence-corrected chi connectivity index (χ0v) is 16.5. The van der Waals surface area contributed by atoms with E-state index < -0.39 is 0 Å². The number of ether oxygens (including phenoxy) is 2. The highest BCUT2D eigenvalue weighted by Gasteiger charge is 2.33. The van der Waals surface area contributed by atoms with Crippen LogP contribution in [0.4, 0.5) is 0 Å². The van der Waals surface area contributed by atoms with E-state index in [9.17, 15) is 4.79 Å². The third-order valence-electron chi connectivity index (χ3n) is 4.95.